The highest BCUT2D eigenvalue weighted by Crippen LogP contribution is 2.21. The van der Waals surface area contributed by atoms with Gasteiger partial charge in [0, 0.05) is 23.2 Å². The summed E-state index contributed by atoms with van der Waals surface area (Å²) in [6, 6.07) is 7.59. The molecule has 1 fully saturated rings. The fourth-order valence-electron chi connectivity index (χ4n) is 2.05. The topological polar surface area (TPSA) is 50.4 Å². The van der Waals surface area contributed by atoms with Crippen molar-refractivity contribution in [1.29, 1.82) is 0 Å². The van der Waals surface area contributed by atoms with Crippen LogP contribution in [0, 0.1) is 0 Å². The Bertz CT molecular complexity index is 445. The first-order chi connectivity index (χ1) is 9.09. The molecule has 0 spiro atoms. The number of halogens is 1. The van der Waals surface area contributed by atoms with Gasteiger partial charge in [0.05, 0.1) is 12.2 Å². The maximum absolute atomic E-state index is 11.9. The van der Waals surface area contributed by atoms with E-state index >= 15 is 0 Å². The number of hydrogen-bond acceptors (Lipinski definition) is 3. The summed E-state index contributed by atoms with van der Waals surface area (Å²) in [5.41, 5.74) is 0.801. The number of benzene rings is 1. The summed E-state index contributed by atoms with van der Waals surface area (Å²) in [5.74, 6) is -0.0281. The van der Waals surface area contributed by atoms with Crippen LogP contribution < -0.4 is 10.6 Å². The summed E-state index contributed by atoms with van der Waals surface area (Å²) in [5, 5.41) is 6.22. The maximum Gasteiger partial charge on any atom is 0.238 e. The molecule has 0 aromatic heterocycles. The van der Waals surface area contributed by atoms with Gasteiger partial charge in [-0.25, -0.2) is 0 Å². The largest absolute Gasteiger partial charge is 0.381 e. The van der Waals surface area contributed by atoms with Crippen molar-refractivity contribution < 1.29 is 9.53 Å². The van der Waals surface area contributed by atoms with Crippen molar-refractivity contribution in [1.82, 2.24) is 5.32 Å². The predicted octanol–water partition coefficient (Wildman–Crippen LogP) is 2.55. The minimum absolute atomic E-state index is 0.00348. The van der Waals surface area contributed by atoms with Gasteiger partial charge in [-0.3, -0.25) is 4.79 Å². The van der Waals surface area contributed by atoms with Gasteiger partial charge >= 0.3 is 0 Å². The Hall–Kier alpha value is -0.910. The van der Waals surface area contributed by atoms with Crippen LogP contribution in [0.4, 0.5) is 5.69 Å². The van der Waals surface area contributed by atoms with Crippen LogP contribution in [-0.4, -0.2) is 31.2 Å². The predicted molar refractivity (Wildman–Crippen MR) is 79.2 cm³/mol. The standard InChI is InChI=1S/C14H19BrN2O2/c1-14(6-8-19-9-7-14)16-10-13(18)17-12-5-3-2-4-11(12)15/h2-5,16H,6-10H2,1H3,(H,17,18). The molecule has 2 rings (SSSR count). The van der Waals surface area contributed by atoms with Crippen molar-refractivity contribution >= 4 is 27.5 Å². The van der Waals surface area contributed by atoms with E-state index in [1.54, 1.807) is 0 Å². The van der Waals surface area contributed by atoms with Crippen molar-refractivity contribution in [2.75, 3.05) is 25.1 Å². The number of nitrogens with one attached hydrogen (secondary N) is 2. The fourth-order valence-corrected chi connectivity index (χ4v) is 2.43. The Kier molecular flexibility index (Phi) is 4.96. The molecule has 2 N–H and O–H groups in total. The van der Waals surface area contributed by atoms with Crippen molar-refractivity contribution in [3.63, 3.8) is 0 Å². The first-order valence-electron chi connectivity index (χ1n) is 6.46. The SMILES string of the molecule is CC1(NCC(=O)Nc2ccccc2Br)CCOCC1. The number of ether oxygens (including phenoxy) is 1. The number of para-hydroxylation sites is 1. The molecular formula is C14H19BrN2O2. The molecule has 1 saturated heterocycles. The molecule has 1 aromatic rings. The number of carbonyl (C=O) groups is 1. The molecule has 1 aliphatic rings. The van der Waals surface area contributed by atoms with Crippen LogP contribution in [0.5, 0.6) is 0 Å². The highest BCUT2D eigenvalue weighted by Gasteiger charge is 2.27. The normalized spacial score (nSPS) is 18.0. The molecule has 1 amide bonds. The van der Waals surface area contributed by atoms with E-state index in [2.05, 4.69) is 33.5 Å². The molecule has 0 unspecified atom stereocenters. The summed E-state index contributed by atoms with van der Waals surface area (Å²) < 4.78 is 6.23. The van der Waals surface area contributed by atoms with Crippen molar-refractivity contribution in [3.05, 3.63) is 28.7 Å². The molecule has 0 saturated carbocycles. The van der Waals surface area contributed by atoms with E-state index in [1.165, 1.54) is 0 Å². The van der Waals surface area contributed by atoms with E-state index in [-0.39, 0.29) is 11.4 Å². The average Bonchev–Trinajstić information content (AvgIpc) is 2.40. The molecule has 1 aromatic carbocycles. The van der Waals surface area contributed by atoms with E-state index in [0.29, 0.717) is 6.54 Å². The molecule has 1 heterocycles. The zero-order chi connectivity index (χ0) is 13.7. The van der Waals surface area contributed by atoms with Crippen LogP contribution in [0.25, 0.3) is 0 Å². The lowest BCUT2D eigenvalue weighted by molar-refractivity contribution is -0.116. The number of rotatable bonds is 4. The van der Waals surface area contributed by atoms with Gasteiger partial charge in [0.1, 0.15) is 0 Å². The lowest BCUT2D eigenvalue weighted by Gasteiger charge is -2.34. The zero-order valence-electron chi connectivity index (χ0n) is 11.0. The van der Waals surface area contributed by atoms with E-state index in [4.69, 9.17) is 4.74 Å². The van der Waals surface area contributed by atoms with Crippen molar-refractivity contribution in [2.24, 2.45) is 0 Å². The maximum atomic E-state index is 11.9. The molecule has 4 nitrogen and oxygen atoms in total. The average molecular weight is 327 g/mol. The van der Waals surface area contributed by atoms with E-state index < -0.39 is 0 Å². The van der Waals surface area contributed by atoms with Crippen LogP contribution in [-0.2, 0) is 9.53 Å². The number of hydrogen-bond donors (Lipinski definition) is 2. The number of anilines is 1. The van der Waals surface area contributed by atoms with Gasteiger partial charge in [0.2, 0.25) is 5.91 Å². The van der Waals surface area contributed by atoms with Gasteiger partial charge in [-0.15, -0.1) is 0 Å². The molecule has 1 aliphatic heterocycles. The first kappa shape index (κ1) is 14.5. The number of carbonyl (C=O) groups excluding carboxylic acids is 1. The fraction of sp³-hybridized carbons (Fsp3) is 0.500. The molecule has 104 valence electrons. The Balaban J connectivity index is 1.83. The second kappa shape index (κ2) is 6.50. The summed E-state index contributed by atoms with van der Waals surface area (Å²) >= 11 is 3.41. The van der Waals surface area contributed by atoms with Gasteiger partial charge < -0.3 is 15.4 Å². The third kappa shape index (κ3) is 4.30. The van der Waals surface area contributed by atoms with E-state index in [1.807, 2.05) is 24.3 Å². The molecular weight excluding hydrogens is 308 g/mol. The quantitative estimate of drug-likeness (QED) is 0.894. The highest BCUT2D eigenvalue weighted by molar-refractivity contribution is 9.10. The Morgan fingerprint density at radius 2 is 2.05 bits per heavy atom. The number of amides is 1. The molecule has 5 heteroatoms. The lowest BCUT2D eigenvalue weighted by atomic mass is 9.92. The monoisotopic (exact) mass is 326 g/mol. The van der Waals surface area contributed by atoms with E-state index in [0.717, 1.165) is 36.2 Å². The highest BCUT2D eigenvalue weighted by atomic mass is 79.9. The minimum Gasteiger partial charge on any atom is -0.381 e. The van der Waals surface area contributed by atoms with E-state index in [9.17, 15) is 4.79 Å². The smallest absolute Gasteiger partial charge is 0.238 e. The molecule has 0 bridgehead atoms. The Labute approximate surface area is 122 Å². The third-order valence-corrected chi connectivity index (χ3v) is 4.11. The lowest BCUT2D eigenvalue weighted by Crippen LogP contribution is -2.49. The molecule has 0 radical (unpaired) electrons. The zero-order valence-corrected chi connectivity index (χ0v) is 12.6. The van der Waals surface area contributed by atoms with Crippen LogP contribution in [0.15, 0.2) is 28.7 Å². The Morgan fingerprint density at radius 1 is 1.37 bits per heavy atom. The van der Waals surface area contributed by atoms with Gasteiger partial charge in [-0.05, 0) is 47.8 Å². The van der Waals surface area contributed by atoms with Gasteiger partial charge in [-0.1, -0.05) is 12.1 Å². The Morgan fingerprint density at radius 3 is 2.74 bits per heavy atom. The van der Waals surface area contributed by atoms with Gasteiger partial charge in [0.15, 0.2) is 0 Å². The minimum atomic E-state index is -0.0281. The second-order valence-corrected chi connectivity index (χ2v) is 5.91. The van der Waals surface area contributed by atoms with Crippen molar-refractivity contribution in [3.8, 4) is 0 Å². The van der Waals surface area contributed by atoms with Crippen LogP contribution in [0.1, 0.15) is 19.8 Å². The second-order valence-electron chi connectivity index (χ2n) is 5.05. The van der Waals surface area contributed by atoms with Gasteiger partial charge in [-0.2, -0.15) is 0 Å². The van der Waals surface area contributed by atoms with Gasteiger partial charge in [0.25, 0.3) is 0 Å². The molecule has 0 aliphatic carbocycles. The van der Waals surface area contributed by atoms with Crippen LogP contribution in [0.2, 0.25) is 0 Å². The third-order valence-electron chi connectivity index (χ3n) is 3.42. The summed E-state index contributed by atoms with van der Waals surface area (Å²) in [6.45, 7) is 3.98. The summed E-state index contributed by atoms with van der Waals surface area (Å²) in [7, 11) is 0. The van der Waals surface area contributed by atoms with Crippen LogP contribution >= 0.6 is 15.9 Å². The van der Waals surface area contributed by atoms with Crippen LogP contribution in [0.3, 0.4) is 0 Å². The molecule has 0 atom stereocenters. The summed E-state index contributed by atoms with van der Waals surface area (Å²) in [6.07, 6.45) is 1.88. The molecule has 19 heavy (non-hydrogen) atoms. The summed E-state index contributed by atoms with van der Waals surface area (Å²) in [4.78, 5) is 11.9. The van der Waals surface area contributed by atoms with Crippen molar-refractivity contribution in [2.45, 2.75) is 25.3 Å². The first-order valence-corrected chi connectivity index (χ1v) is 7.26.